The highest BCUT2D eigenvalue weighted by molar-refractivity contribution is 6.09. The molecule has 3 aliphatic heterocycles. The van der Waals surface area contributed by atoms with Crippen molar-refractivity contribution in [3.8, 4) is 0 Å². The number of para-hydroxylation sites is 1. The zero-order valence-electron chi connectivity index (χ0n) is 25.9. The molecule has 1 aromatic carbocycles. The number of aromatic amines is 1. The first-order valence-corrected chi connectivity index (χ1v) is 15.6. The van der Waals surface area contributed by atoms with Gasteiger partial charge >= 0.3 is 12.2 Å². The molecule has 4 aliphatic rings. The summed E-state index contributed by atoms with van der Waals surface area (Å²) in [4.78, 5) is 66.6. The van der Waals surface area contributed by atoms with E-state index in [-0.39, 0.29) is 30.1 Å². The molecule has 6 rings (SSSR count). The number of likely N-dealkylation sites (tertiary alicyclic amines) is 1. The van der Waals surface area contributed by atoms with E-state index in [4.69, 9.17) is 14.5 Å². The van der Waals surface area contributed by atoms with Crippen LogP contribution in [0.15, 0.2) is 58.6 Å². The molecule has 0 saturated carbocycles. The minimum atomic E-state index is -1.30. The number of fused-ring (bicyclic) bond motifs is 6. The van der Waals surface area contributed by atoms with Gasteiger partial charge in [-0.2, -0.15) is 0 Å². The lowest BCUT2D eigenvalue weighted by Crippen LogP contribution is -2.60. The molecule has 4 amide bonds. The maximum Gasteiger partial charge on any atom is 0.424 e. The lowest BCUT2D eigenvalue weighted by molar-refractivity contribution is -0.140. The second-order valence-electron chi connectivity index (χ2n) is 11.8. The van der Waals surface area contributed by atoms with Gasteiger partial charge < -0.3 is 19.4 Å². The van der Waals surface area contributed by atoms with Crippen LogP contribution in [-0.2, 0) is 25.5 Å². The Morgan fingerprint density at radius 1 is 1.14 bits per heavy atom. The zero-order chi connectivity index (χ0) is 31.3. The van der Waals surface area contributed by atoms with E-state index in [0.717, 1.165) is 22.0 Å². The summed E-state index contributed by atoms with van der Waals surface area (Å²) in [7, 11) is 0. The summed E-state index contributed by atoms with van der Waals surface area (Å²) in [6, 6.07) is 8.01. The molecule has 0 spiro atoms. The number of benzene rings is 1. The number of nitrogens with one attached hydrogen (secondary N) is 1. The van der Waals surface area contributed by atoms with Gasteiger partial charge in [-0.1, -0.05) is 31.2 Å². The summed E-state index contributed by atoms with van der Waals surface area (Å²) in [6.07, 6.45) is 4.04. The average molecular weight is 602 g/mol. The highest BCUT2D eigenvalue weighted by Crippen LogP contribution is 2.56. The predicted octanol–water partition coefficient (Wildman–Crippen LogP) is 5.00. The monoisotopic (exact) mass is 601 g/mol. The van der Waals surface area contributed by atoms with Crippen LogP contribution in [0.2, 0.25) is 0 Å². The number of H-pyrrole nitrogens is 1. The molecule has 11 heteroatoms. The summed E-state index contributed by atoms with van der Waals surface area (Å²) in [5.74, 6) is -2.06. The Morgan fingerprint density at radius 3 is 2.59 bits per heavy atom. The molecule has 4 heterocycles. The number of aromatic nitrogens is 1. The van der Waals surface area contributed by atoms with Crippen LogP contribution in [0, 0.1) is 17.8 Å². The molecule has 2 saturated heterocycles. The number of nitrogens with zero attached hydrogens (tertiary/aromatic N) is 4. The topological polar surface area (TPSA) is 125 Å². The van der Waals surface area contributed by atoms with Crippen molar-refractivity contribution in [3.63, 3.8) is 0 Å². The van der Waals surface area contributed by atoms with Crippen molar-refractivity contribution in [1.29, 1.82) is 0 Å². The fourth-order valence-corrected chi connectivity index (χ4v) is 7.53. The van der Waals surface area contributed by atoms with Crippen molar-refractivity contribution >= 4 is 40.8 Å². The number of ether oxygens (including phenoxy) is 2. The normalized spacial score (nSPS) is 27.0. The third-order valence-electron chi connectivity index (χ3n) is 9.72. The van der Waals surface area contributed by atoms with Gasteiger partial charge in [0, 0.05) is 54.8 Å². The number of imide groups is 1. The van der Waals surface area contributed by atoms with Gasteiger partial charge in [-0.3, -0.25) is 19.5 Å². The molecule has 0 bridgehead atoms. The van der Waals surface area contributed by atoms with Crippen LogP contribution in [0.4, 0.5) is 9.59 Å². The van der Waals surface area contributed by atoms with Crippen LogP contribution < -0.4 is 0 Å². The Balaban J connectivity index is 1.46. The summed E-state index contributed by atoms with van der Waals surface area (Å²) in [6.45, 7) is 10.7. The first kappa shape index (κ1) is 29.7. The van der Waals surface area contributed by atoms with Crippen LogP contribution in [0.1, 0.15) is 53.0 Å². The van der Waals surface area contributed by atoms with Crippen molar-refractivity contribution in [2.45, 2.75) is 59.4 Å². The lowest BCUT2D eigenvalue weighted by atomic mass is 9.61. The lowest BCUT2D eigenvalue weighted by Gasteiger charge is -2.49. The van der Waals surface area contributed by atoms with E-state index in [1.54, 1.807) is 6.92 Å². The van der Waals surface area contributed by atoms with E-state index in [9.17, 15) is 19.2 Å². The maximum atomic E-state index is 13.9. The molecule has 1 aromatic heterocycles. The Kier molecular flexibility index (Phi) is 7.59. The summed E-state index contributed by atoms with van der Waals surface area (Å²) >= 11 is 0. The third-order valence-corrected chi connectivity index (χ3v) is 9.72. The van der Waals surface area contributed by atoms with Gasteiger partial charge in [-0.15, -0.1) is 0 Å². The van der Waals surface area contributed by atoms with Crippen LogP contribution in [0.25, 0.3) is 10.9 Å². The number of hydrogen-bond acceptors (Lipinski definition) is 7. The molecule has 44 heavy (non-hydrogen) atoms. The zero-order valence-corrected chi connectivity index (χ0v) is 25.9. The van der Waals surface area contributed by atoms with Crippen LogP contribution in [0.3, 0.4) is 0 Å². The van der Waals surface area contributed by atoms with Crippen molar-refractivity contribution in [2.24, 2.45) is 22.7 Å². The molecule has 0 radical (unpaired) electrons. The number of rotatable bonds is 8. The molecular formula is C33H39N5O6. The number of carbonyl (C=O) groups excluding carboxylic acids is 4. The quantitative estimate of drug-likeness (QED) is 0.425. The second-order valence-corrected chi connectivity index (χ2v) is 11.8. The second kappa shape index (κ2) is 11.3. The molecule has 2 aromatic rings. The fourth-order valence-electron chi connectivity index (χ4n) is 7.53. The standard InChI is InChI=1S/C33H39N5O6/c1-6-20-22-14-15-23-25(28(40)37(9-4)27(23)39)26(22)33(5)30(34-17-16-19-18-35-24-13-11-10-12-21(19)24)44-32(42)38(33)29(20)43-31(41)36(7-2)8-3/h10-14,18,23,25-26,35H,6-9,15-17H2,1-5H3/t23-,25-,26+,33+/m1/s1. The van der Waals surface area contributed by atoms with Crippen LogP contribution >= 0.6 is 0 Å². The van der Waals surface area contributed by atoms with Gasteiger partial charge in [0.15, 0.2) is 0 Å². The van der Waals surface area contributed by atoms with E-state index in [0.29, 0.717) is 44.5 Å². The van der Waals surface area contributed by atoms with Crippen molar-refractivity contribution in [1.82, 2.24) is 19.7 Å². The van der Waals surface area contributed by atoms with Crippen molar-refractivity contribution in [2.75, 3.05) is 26.2 Å². The highest BCUT2D eigenvalue weighted by atomic mass is 16.6. The van der Waals surface area contributed by atoms with Gasteiger partial charge in [-0.25, -0.2) is 14.5 Å². The van der Waals surface area contributed by atoms with E-state index < -0.39 is 35.5 Å². The molecular weight excluding hydrogens is 562 g/mol. The number of cyclic esters (lactones) is 1. The average Bonchev–Trinajstić information content (AvgIpc) is 3.63. The Labute approximate surface area is 256 Å². The summed E-state index contributed by atoms with van der Waals surface area (Å²) in [5, 5.41) is 1.10. The van der Waals surface area contributed by atoms with Crippen LogP contribution in [-0.4, -0.2) is 81.3 Å². The van der Waals surface area contributed by atoms with Crippen molar-refractivity contribution in [3.05, 3.63) is 59.1 Å². The maximum absolute atomic E-state index is 13.9. The molecule has 0 unspecified atom stereocenters. The van der Waals surface area contributed by atoms with Gasteiger partial charge in [0.1, 0.15) is 5.54 Å². The largest absolute Gasteiger partial charge is 0.424 e. The smallest absolute Gasteiger partial charge is 0.393 e. The molecule has 4 atom stereocenters. The van der Waals surface area contributed by atoms with Gasteiger partial charge in [0.25, 0.3) is 0 Å². The molecule has 2 fully saturated rings. The minimum Gasteiger partial charge on any atom is -0.393 e. The van der Waals surface area contributed by atoms with E-state index >= 15 is 0 Å². The predicted molar refractivity (Wildman–Crippen MR) is 163 cm³/mol. The number of hydrogen-bond donors (Lipinski definition) is 1. The molecule has 1 N–H and O–H groups in total. The Bertz CT molecular complexity index is 1630. The van der Waals surface area contributed by atoms with Gasteiger partial charge in [-0.05, 0) is 64.2 Å². The Hall–Kier alpha value is -4.41. The van der Waals surface area contributed by atoms with Crippen LogP contribution in [0.5, 0.6) is 0 Å². The number of allylic oxidation sites excluding steroid dienone is 2. The SMILES string of the molecule is CCC1=C(OC(=O)N(CC)CC)N2C(=O)OC(=NCCc3c[nH]c4ccccc34)[C@]2(C)[C@H]2C1=CC[C@H]1C(=O)N(CC)C(=O)[C@H]12. The Morgan fingerprint density at radius 2 is 1.89 bits per heavy atom. The van der Waals surface area contributed by atoms with E-state index in [1.807, 2.05) is 64.2 Å². The van der Waals surface area contributed by atoms with E-state index in [1.165, 1.54) is 14.7 Å². The van der Waals surface area contributed by atoms with Gasteiger partial charge in [0.05, 0.1) is 11.8 Å². The fraction of sp³-hybridized carbons (Fsp3) is 0.485. The summed E-state index contributed by atoms with van der Waals surface area (Å²) < 4.78 is 11.9. The van der Waals surface area contributed by atoms with Crippen molar-refractivity contribution < 1.29 is 28.7 Å². The number of aliphatic imine (C=N–C) groups is 1. The minimum absolute atomic E-state index is 0.101. The summed E-state index contributed by atoms with van der Waals surface area (Å²) in [5.41, 5.74) is 2.26. The first-order chi connectivity index (χ1) is 21.2. The molecule has 1 aliphatic carbocycles. The first-order valence-electron chi connectivity index (χ1n) is 15.6. The molecule has 232 valence electrons. The van der Waals surface area contributed by atoms with Gasteiger partial charge in [0.2, 0.25) is 23.6 Å². The third kappa shape index (κ3) is 4.27. The number of amides is 4. The highest BCUT2D eigenvalue weighted by Gasteiger charge is 2.68. The van der Waals surface area contributed by atoms with E-state index in [2.05, 4.69) is 4.98 Å². The number of carbonyl (C=O) groups is 4. The molecule has 11 nitrogen and oxygen atoms in total.